The molecule has 74 valence electrons. The average molecular weight is 185 g/mol. The zero-order chi connectivity index (χ0) is 9.90. The predicted molar refractivity (Wildman–Crippen MR) is 47.3 cm³/mol. The minimum absolute atomic E-state index is 0.185. The van der Waals surface area contributed by atoms with E-state index in [-0.39, 0.29) is 5.41 Å². The fourth-order valence-corrected chi connectivity index (χ4v) is 1.40. The molecule has 1 saturated carbocycles. The Morgan fingerprint density at radius 3 is 2.38 bits per heavy atom. The van der Waals surface area contributed by atoms with Crippen LogP contribution in [0, 0.1) is 5.41 Å². The lowest BCUT2D eigenvalue weighted by Gasteiger charge is -2.38. The third-order valence-corrected chi connectivity index (χ3v) is 2.57. The average Bonchev–Trinajstić information content (AvgIpc) is 2.09. The zero-order valence-corrected chi connectivity index (χ0v) is 7.72. The quantitative estimate of drug-likeness (QED) is 0.230. The summed E-state index contributed by atoms with van der Waals surface area (Å²) in [5.41, 5.74) is 1.97. The Morgan fingerprint density at radius 2 is 2.00 bits per heavy atom. The molecule has 5 nitrogen and oxygen atoms in total. The van der Waals surface area contributed by atoms with E-state index < -0.39 is 11.8 Å². The molecule has 1 aliphatic rings. The van der Waals surface area contributed by atoms with Gasteiger partial charge in [-0.2, -0.15) is 0 Å². The van der Waals surface area contributed by atoms with Gasteiger partial charge < -0.3 is 5.32 Å². The van der Waals surface area contributed by atoms with E-state index in [1.165, 1.54) is 6.42 Å². The number of nitrogens with one attached hydrogen (secondary N) is 2. The normalized spacial score (nSPS) is 18.6. The zero-order valence-electron chi connectivity index (χ0n) is 7.72. The molecule has 0 spiro atoms. The van der Waals surface area contributed by atoms with Crippen LogP contribution in [-0.4, -0.2) is 18.4 Å². The lowest BCUT2D eigenvalue weighted by molar-refractivity contribution is -0.139. The first-order valence-corrected chi connectivity index (χ1v) is 4.36. The van der Waals surface area contributed by atoms with Gasteiger partial charge in [0.05, 0.1) is 0 Å². The molecule has 0 radical (unpaired) electrons. The summed E-state index contributed by atoms with van der Waals surface area (Å²) in [6, 6.07) is 0. The summed E-state index contributed by atoms with van der Waals surface area (Å²) >= 11 is 0. The first kappa shape index (κ1) is 9.98. The minimum atomic E-state index is -0.789. The highest BCUT2D eigenvalue weighted by atomic mass is 16.2. The van der Waals surface area contributed by atoms with Crippen molar-refractivity contribution < 1.29 is 9.59 Å². The number of nitrogens with two attached hydrogens (primary N) is 1. The van der Waals surface area contributed by atoms with Crippen LogP contribution in [-0.2, 0) is 9.59 Å². The summed E-state index contributed by atoms with van der Waals surface area (Å²) in [7, 11) is 0. The summed E-state index contributed by atoms with van der Waals surface area (Å²) in [4.78, 5) is 21.6. The van der Waals surface area contributed by atoms with Crippen molar-refractivity contribution in [3.8, 4) is 0 Å². The van der Waals surface area contributed by atoms with Gasteiger partial charge in [0.1, 0.15) is 0 Å². The van der Waals surface area contributed by atoms with Crippen molar-refractivity contribution in [3.63, 3.8) is 0 Å². The summed E-state index contributed by atoms with van der Waals surface area (Å²) in [6.07, 6.45) is 3.42. The topological polar surface area (TPSA) is 84.2 Å². The van der Waals surface area contributed by atoms with Crippen molar-refractivity contribution in [1.29, 1.82) is 0 Å². The number of hydrogen-bond donors (Lipinski definition) is 3. The Kier molecular flexibility index (Phi) is 2.87. The third-order valence-electron chi connectivity index (χ3n) is 2.57. The lowest BCUT2D eigenvalue weighted by Crippen LogP contribution is -2.47. The van der Waals surface area contributed by atoms with Crippen LogP contribution in [0.3, 0.4) is 0 Å². The number of carbonyl (C=O) groups is 2. The molecular weight excluding hydrogens is 170 g/mol. The van der Waals surface area contributed by atoms with E-state index >= 15 is 0 Å². The number of amides is 2. The van der Waals surface area contributed by atoms with Gasteiger partial charge >= 0.3 is 11.8 Å². The summed E-state index contributed by atoms with van der Waals surface area (Å²) in [5, 5.41) is 2.54. The Balaban J connectivity index is 2.25. The standard InChI is InChI=1S/C8H15N3O2/c1-8(3-2-4-8)5-10-6(12)7(13)11-9/h2-5,9H2,1H3,(H,10,12)(H,11,13). The molecule has 1 aliphatic carbocycles. The van der Waals surface area contributed by atoms with Crippen LogP contribution in [0.2, 0.25) is 0 Å². The van der Waals surface area contributed by atoms with Gasteiger partial charge in [0, 0.05) is 6.54 Å². The van der Waals surface area contributed by atoms with Gasteiger partial charge in [-0.3, -0.25) is 15.0 Å². The molecule has 1 rings (SSSR count). The maximum atomic E-state index is 11.0. The number of rotatable bonds is 2. The van der Waals surface area contributed by atoms with Gasteiger partial charge in [-0.05, 0) is 18.3 Å². The smallest absolute Gasteiger partial charge is 0.323 e. The summed E-state index contributed by atoms with van der Waals surface area (Å²) in [5.74, 6) is 3.35. The molecule has 0 heterocycles. The van der Waals surface area contributed by atoms with Crippen LogP contribution in [0.15, 0.2) is 0 Å². The van der Waals surface area contributed by atoms with E-state index in [2.05, 4.69) is 12.2 Å². The SMILES string of the molecule is CC1(CNC(=O)C(=O)NN)CCC1. The summed E-state index contributed by atoms with van der Waals surface area (Å²) in [6.45, 7) is 2.65. The van der Waals surface area contributed by atoms with E-state index in [9.17, 15) is 9.59 Å². The first-order chi connectivity index (χ1) is 6.07. The second kappa shape index (κ2) is 3.74. The molecule has 0 aromatic carbocycles. The van der Waals surface area contributed by atoms with Gasteiger partial charge in [0.25, 0.3) is 0 Å². The molecule has 0 aromatic heterocycles. The fraction of sp³-hybridized carbons (Fsp3) is 0.750. The van der Waals surface area contributed by atoms with Crippen LogP contribution >= 0.6 is 0 Å². The van der Waals surface area contributed by atoms with Crippen molar-refractivity contribution >= 4 is 11.8 Å². The Hall–Kier alpha value is -1.10. The van der Waals surface area contributed by atoms with E-state index in [0.29, 0.717) is 6.54 Å². The van der Waals surface area contributed by atoms with Crippen LogP contribution < -0.4 is 16.6 Å². The number of hydrazine groups is 1. The van der Waals surface area contributed by atoms with Gasteiger partial charge in [0.15, 0.2) is 0 Å². The van der Waals surface area contributed by atoms with Gasteiger partial charge in [-0.1, -0.05) is 13.3 Å². The first-order valence-electron chi connectivity index (χ1n) is 4.36. The van der Waals surface area contributed by atoms with Crippen molar-refractivity contribution in [2.75, 3.05) is 6.54 Å². The Bertz CT molecular complexity index is 223. The van der Waals surface area contributed by atoms with Gasteiger partial charge in [-0.25, -0.2) is 5.84 Å². The van der Waals surface area contributed by atoms with Crippen molar-refractivity contribution in [2.24, 2.45) is 11.3 Å². The highest BCUT2D eigenvalue weighted by Crippen LogP contribution is 2.39. The monoisotopic (exact) mass is 185 g/mol. The second-order valence-electron chi connectivity index (χ2n) is 3.82. The van der Waals surface area contributed by atoms with Crippen LogP contribution in [0.5, 0.6) is 0 Å². The van der Waals surface area contributed by atoms with E-state index in [1.807, 2.05) is 0 Å². The molecule has 0 saturated heterocycles. The maximum absolute atomic E-state index is 11.0. The predicted octanol–water partition coefficient (Wildman–Crippen LogP) is -0.717. The molecule has 0 aromatic rings. The van der Waals surface area contributed by atoms with Gasteiger partial charge in [0.2, 0.25) is 0 Å². The number of carbonyl (C=O) groups excluding carboxylic acids is 2. The van der Waals surface area contributed by atoms with Crippen molar-refractivity contribution in [3.05, 3.63) is 0 Å². The molecule has 5 heteroatoms. The molecule has 13 heavy (non-hydrogen) atoms. The minimum Gasteiger partial charge on any atom is -0.347 e. The summed E-state index contributed by atoms with van der Waals surface area (Å²) < 4.78 is 0. The second-order valence-corrected chi connectivity index (χ2v) is 3.82. The molecule has 1 fully saturated rings. The van der Waals surface area contributed by atoms with Crippen molar-refractivity contribution in [2.45, 2.75) is 26.2 Å². The maximum Gasteiger partial charge on any atom is 0.323 e. The fourth-order valence-electron chi connectivity index (χ4n) is 1.40. The highest BCUT2D eigenvalue weighted by molar-refractivity contribution is 6.34. The largest absolute Gasteiger partial charge is 0.347 e. The van der Waals surface area contributed by atoms with Gasteiger partial charge in [-0.15, -0.1) is 0 Å². The third kappa shape index (κ3) is 2.42. The van der Waals surface area contributed by atoms with Crippen LogP contribution in [0.25, 0.3) is 0 Å². The van der Waals surface area contributed by atoms with Crippen LogP contribution in [0.4, 0.5) is 0 Å². The Labute approximate surface area is 77.0 Å². The Morgan fingerprint density at radius 1 is 1.38 bits per heavy atom. The molecule has 4 N–H and O–H groups in total. The lowest BCUT2D eigenvalue weighted by atomic mass is 9.70. The highest BCUT2D eigenvalue weighted by Gasteiger charge is 2.32. The molecule has 0 unspecified atom stereocenters. The molecule has 0 atom stereocenters. The number of hydrogen-bond acceptors (Lipinski definition) is 3. The van der Waals surface area contributed by atoms with Crippen molar-refractivity contribution in [1.82, 2.24) is 10.7 Å². The molecule has 2 amide bonds. The van der Waals surface area contributed by atoms with E-state index in [1.54, 1.807) is 5.43 Å². The van der Waals surface area contributed by atoms with Crippen LogP contribution in [0.1, 0.15) is 26.2 Å². The van der Waals surface area contributed by atoms with E-state index in [4.69, 9.17) is 5.84 Å². The molecule has 0 bridgehead atoms. The molecular formula is C8H15N3O2. The molecule has 0 aliphatic heterocycles. The van der Waals surface area contributed by atoms with E-state index in [0.717, 1.165) is 12.8 Å².